The number of anilines is 2. The third-order valence-corrected chi connectivity index (χ3v) is 5.12. The normalized spacial score (nSPS) is 11.1. The Kier molecular flexibility index (Phi) is 6.41. The molecule has 0 spiro atoms. The molecule has 3 aromatic rings. The molecule has 0 aliphatic heterocycles. The maximum absolute atomic E-state index is 12.3. The Labute approximate surface area is 173 Å². The molecule has 2 amide bonds. The first-order valence-corrected chi connectivity index (χ1v) is 9.89. The molecular weight excluding hydrogens is 384 g/mol. The number of rotatable bonds is 6. The van der Waals surface area contributed by atoms with Crippen LogP contribution in [0, 0.1) is 0 Å². The highest BCUT2D eigenvalue weighted by Gasteiger charge is 2.09. The van der Waals surface area contributed by atoms with Crippen molar-refractivity contribution in [2.75, 3.05) is 24.3 Å². The number of nitrogens with one attached hydrogen (secondary N) is 2. The number of nitrogens with zero attached hydrogens (tertiary/aromatic N) is 2. The lowest BCUT2D eigenvalue weighted by Gasteiger charge is -2.12. The van der Waals surface area contributed by atoms with Crippen LogP contribution in [0.3, 0.4) is 0 Å². The van der Waals surface area contributed by atoms with E-state index in [0.29, 0.717) is 21.8 Å². The van der Waals surface area contributed by atoms with Gasteiger partial charge in [-0.2, -0.15) is 5.10 Å². The summed E-state index contributed by atoms with van der Waals surface area (Å²) in [7, 11) is 3.89. The third kappa shape index (κ3) is 5.30. The van der Waals surface area contributed by atoms with Crippen LogP contribution in [0.25, 0.3) is 0 Å². The fourth-order valence-corrected chi connectivity index (χ4v) is 3.22. The summed E-state index contributed by atoms with van der Waals surface area (Å²) in [4.78, 5) is 27.1. The smallest absolute Gasteiger partial charge is 0.271 e. The van der Waals surface area contributed by atoms with Crippen LogP contribution in [0.4, 0.5) is 11.4 Å². The fourth-order valence-electron chi connectivity index (χ4n) is 2.60. The summed E-state index contributed by atoms with van der Waals surface area (Å²) in [6, 6.07) is 18.2. The van der Waals surface area contributed by atoms with Gasteiger partial charge in [-0.25, -0.2) is 5.43 Å². The second-order valence-corrected chi connectivity index (χ2v) is 7.54. The molecule has 1 aromatic heterocycles. The summed E-state index contributed by atoms with van der Waals surface area (Å²) < 4.78 is 0. The molecular formula is C22H22N4O2S. The van der Waals surface area contributed by atoms with E-state index in [-0.39, 0.29) is 11.8 Å². The van der Waals surface area contributed by atoms with Crippen LogP contribution in [0.15, 0.2) is 71.1 Å². The third-order valence-electron chi connectivity index (χ3n) is 4.25. The second kappa shape index (κ2) is 9.16. The zero-order chi connectivity index (χ0) is 20.8. The van der Waals surface area contributed by atoms with Crippen molar-refractivity contribution in [1.29, 1.82) is 0 Å². The van der Waals surface area contributed by atoms with E-state index in [1.54, 1.807) is 25.1 Å². The maximum Gasteiger partial charge on any atom is 0.271 e. The summed E-state index contributed by atoms with van der Waals surface area (Å²) in [5.74, 6) is -0.432. The molecule has 0 atom stereocenters. The Hall–Kier alpha value is -3.45. The average Bonchev–Trinajstić information content (AvgIpc) is 3.27. The Morgan fingerprint density at radius 2 is 1.69 bits per heavy atom. The zero-order valence-corrected chi connectivity index (χ0v) is 17.3. The van der Waals surface area contributed by atoms with Gasteiger partial charge in [0, 0.05) is 31.0 Å². The molecule has 0 bridgehead atoms. The Bertz CT molecular complexity index is 1030. The Morgan fingerprint density at radius 3 is 2.34 bits per heavy atom. The van der Waals surface area contributed by atoms with Gasteiger partial charge in [-0.1, -0.05) is 18.2 Å². The molecule has 0 saturated heterocycles. The molecule has 2 N–H and O–H groups in total. The highest BCUT2D eigenvalue weighted by atomic mass is 32.1. The maximum atomic E-state index is 12.3. The number of benzene rings is 2. The number of carbonyl (C=O) groups is 2. The minimum atomic E-state index is -0.281. The van der Waals surface area contributed by atoms with E-state index in [2.05, 4.69) is 15.8 Å². The topological polar surface area (TPSA) is 73.8 Å². The average molecular weight is 407 g/mol. The van der Waals surface area contributed by atoms with Crippen molar-refractivity contribution in [1.82, 2.24) is 5.43 Å². The molecule has 6 nitrogen and oxygen atoms in total. The van der Waals surface area contributed by atoms with Crippen LogP contribution in [0.1, 0.15) is 32.5 Å². The predicted molar refractivity (Wildman–Crippen MR) is 119 cm³/mol. The highest BCUT2D eigenvalue weighted by molar-refractivity contribution is 7.12. The molecule has 3 rings (SSSR count). The lowest BCUT2D eigenvalue weighted by Crippen LogP contribution is -2.19. The standard InChI is InChI=1S/C22H22N4O2S/c1-15(24-25-21(27)16-9-11-19(12-10-16)26(2)3)17-6-4-7-18(14-17)23-22(28)20-8-5-13-29-20/h4-14H,1-3H3,(H,23,28)(H,25,27). The second-order valence-electron chi connectivity index (χ2n) is 6.59. The summed E-state index contributed by atoms with van der Waals surface area (Å²) >= 11 is 1.39. The van der Waals surface area contributed by atoms with Crippen LogP contribution in [0.2, 0.25) is 0 Å². The zero-order valence-electron chi connectivity index (χ0n) is 16.5. The lowest BCUT2D eigenvalue weighted by atomic mass is 10.1. The van der Waals surface area contributed by atoms with Crippen LogP contribution < -0.4 is 15.6 Å². The van der Waals surface area contributed by atoms with Gasteiger partial charge in [-0.15, -0.1) is 11.3 Å². The van der Waals surface area contributed by atoms with Gasteiger partial charge in [0.25, 0.3) is 11.8 Å². The van der Waals surface area contributed by atoms with Crippen molar-refractivity contribution < 1.29 is 9.59 Å². The number of hydrogen-bond donors (Lipinski definition) is 2. The van der Waals surface area contributed by atoms with Crippen molar-refractivity contribution in [3.63, 3.8) is 0 Å². The first-order valence-electron chi connectivity index (χ1n) is 9.01. The van der Waals surface area contributed by atoms with Gasteiger partial charge in [0.05, 0.1) is 10.6 Å². The van der Waals surface area contributed by atoms with Crippen LogP contribution in [-0.2, 0) is 0 Å². The van der Waals surface area contributed by atoms with E-state index in [1.807, 2.05) is 66.8 Å². The molecule has 148 valence electrons. The van der Waals surface area contributed by atoms with E-state index < -0.39 is 0 Å². The quantitative estimate of drug-likeness (QED) is 0.475. The molecule has 1 heterocycles. The van der Waals surface area contributed by atoms with Gasteiger partial charge in [0.15, 0.2) is 0 Å². The molecule has 0 saturated carbocycles. The molecule has 0 unspecified atom stereocenters. The number of carbonyl (C=O) groups excluding carboxylic acids is 2. The van der Waals surface area contributed by atoms with Gasteiger partial charge in [0.1, 0.15) is 0 Å². The van der Waals surface area contributed by atoms with E-state index in [4.69, 9.17) is 0 Å². The number of hydrazone groups is 1. The van der Waals surface area contributed by atoms with Gasteiger partial charge in [-0.05, 0) is 60.3 Å². The van der Waals surface area contributed by atoms with E-state index in [9.17, 15) is 9.59 Å². The summed E-state index contributed by atoms with van der Waals surface area (Å²) in [5, 5.41) is 8.92. The number of hydrogen-bond acceptors (Lipinski definition) is 5. The summed E-state index contributed by atoms with van der Waals surface area (Å²) in [6.07, 6.45) is 0. The SMILES string of the molecule is CC(=NNC(=O)c1ccc(N(C)C)cc1)c1cccc(NC(=O)c2cccs2)c1. The molecule has 0 radical (unpaired) electrons. The summed E-state index contributed by atoms with van der Waals surface area (Å²) in [5.41, 5.74) is 6.23. The number of thiophene rings is 1. The van der Waals surface area contributed by atoms with Gasteiger partial charge in [0.2, 0.25) is 0 Å². The molecule has 0 fully saturated rings. The molecule has 0 aliphatic rings. The van der Waals surface area contributed by atoms with Crippen molar-refractivity contribution in [3.8, 4) is 0 Å². The van der Waals surface area contributed by atoms with Crippen LogP contribution in [0.5, 0.6) is 0 Å². The van der Waals surface area contributed by atoms with Gasteiger partial charge in [-0.3, -0.25) is 9.59 Å². The first kappa shape index (κ1) is 20.3. The van der Waals surface area contributed by atoms with E-state index >= 15 is 0 Å². The first-order chi connectivity index (χ1) is 13.9. The van der Waals surface area contributed by atoms with E-state index in [0.717, 1.165) is 11.3 Å². The van der Waals surface area contributed by atoms with Crippen molar-refractivity contribution in [3.05, 3.63) is 82.0 Å². The lowest BCUT2D eigenvalue weighted by molar-refractivity contribution is 0.0954. The highest BCUT2D eigenvalue weighted by Crippen LogP contribution is 2.16. The van der Waals surface area contributed by atoms with E-state index in [1.165, 1.54) is 11.3 Å². The minimum absolute atomic E-state index is 0.152. The largest absolute Gasteiger partial charge is 0.378 e. The van der Waals surface area contributed by atoms with Crippen molar-refractivity contribution in [2.24, 2.45) is 5.10 Å². The fraction of sp³-hybridized carbons (Fsp3) is 0.136. The monoisotopic (exact) mass is 406 g/mol. The Morgan fingerprint density at radius 1 is 0.931 bits per heavy atom. The van der Waals surface area contributed by atoms with Crippen LogP contribution >= 0.6 is 11.3 Å². The molecule has 2 aromatic carbocycles. The van der Waals surface area contributed by atoms with Gasteiger partial charge >= 0.3 is 0 Å². The van der Waals surface area contributed by atoms with Crippen molar-refractivity contribution in [2.45, 2.75) is 6.92 Å². The van der Waals surface area contributed by atoms with Crippen molar-refractivity contribution >= 4 is 40.2 Å². The Balaban J connectivity index is 1.66. The minimum Gasteiger partial charge on any atom is -0.378 e. The molecule has 29 heavy (non-hydrogen) atoms. The molecule has 0 aliphatic carbocycles. The predicted octanol–water partition coefficient (Wildman–Crippen LogP) is 4.22. The summed E-state index contributed by atoms with van der Waals surface area (Å²) in [6.45, 7) is 1.80. The molecule has 7 heteroatoms. The van der Waals surface area contributed by atoms with Crippen LogP contribution in [-0.4, -0.2) is 31.6 Å². The van der Waals surface area contributed by atoms with Gasteiger partial charge < -0.3 is 10.2 Å². The number of amides is 2.